The normalized spacial score (nSPS) is 17.2. The molecule has 0 bridgehead atoms. The lowest BCUT2D eigenvalue weighted by atomic mass is 9.87. The van der Waals surface area contributed by atoms with E-state index in [2.05, 4.69) is 59.1 Å². The standard InChI is InChI=1S/C20H24BrN3O2/c1-20(2,3)14-4-7-16(8-5-14)23-19(25)24-11-10-17(13-24)26-18-9-6-15(21)12-22-18/h4-9,12,17H,10-11,13H2,1-3H3,(H,23,25). The number of hydrogen-bond acceptors (Lipinski definition) is 3. The van der Waals surface area contributed by atoms with Crippen molar-refractivity contribution in [3.63, 3.8) is 0 Å². The molecule has 1 aromatic carbocycles. The number of hydrogen-bond donors (Lipinski definition) is 1. The van der Waals surface area contributed by atoms with Gasteiger partial charge in [-0.2, -0.15) is 0 Å². The molecule has 26 heavy (non-hydrogen) atoms. The lowest BCUT2D eigenvalue weighted by molar-refractivity contribution is 0.190. The summed E-state index contributed by atoms with van der Waals surface area (Å²) in [6, 6.07) is 11.6. The van der Waals surface area contributed by atoms with Gasteiger partial charge in [0, 0.05) is 35.4 Å². The quantitative estimate of drug-likeness (QED) is 0.777. The molecule has 0 saturated carbocycles. The van der Waals surface area contributed by atoms with Crippen LogP contribution in [0.15, 0.2) is 47.1 Å². The maximum absolute atomic E-state index is 12.5. The number of rotatable bonds is 3. The number of carbonyl (C=O) groups is 1. The summed E-state index contributed by atoms with van der Waals surface area (Å²) in [5, 5.41) is 2.96. The highest BCUT2D eigenvalue weighted by Crippen LogP contribution is 2.24. The van der Waals surface area contributed by atoms with Gasteiger partial charge in [-0.25, -0.2) is 9.78 Å². The summed E-state index contributed by atoms with van der Waals surface area (Å²) < 4.78 is 6.77. The smallest absolute Gasteiger partial charge is 0.321 e. The average molecular weight is 418 g/mol. The molecule has 0 radical (unpaired) electrons. The fraction of sp³-hybridized carbons (Fsp3) is 0.400. The largest absolute Gasteiger partial charge is 0.472 e. The molecule has 2 heterocycles. The van der Waals surface area contributed by atoms with Crippen LogP contribution < -0.4 is 10.1 Å². The number of amides is 2. The minimum Gasteiger partial charge on any atom is -0.472 e. The number of benzene rings is 1. The average Bonchev–Trinajstić information content (AvgIpc) is 3.05. The second-order valence-electron chi connectivity index (χ2n) is 7.55. The van der Waals surface area contributed by atoms with E-state index in [4.69, 9.17) is 4.74 Å². The Morgan fingerprint density at radius 2 is 1.96 bits per heavy atom. The zero-order chi connectivity index (χ0) is 18.7. The van der Waals surface area contributed by atoms with Crippen molar-refractivity contribution in [2.24, 2.45) is 0 Å². The lowest BCUT2D eigenvalue weighted by Gasteiger charge is -2.20. The van der Waals surface area contributed by atoms with Crippen molar-refractivity contribution in [2.45, 2.75) is 38.7 Å². The first-order valence-electron chi connectivity index (χ1n) is 8.76. The Morgan fingerprint density at radius 1 is 1.23 bits per heavy atom. The van der Waals surface area contributed by atoms with Crippen LogP contribution in [0.5, 0.6) is 5.88 Å². The molecule has 1 N–H and O–H groups in total. The number of likely N-dealkylation sites (tertiary alicyclic amines) is 1. The van der Waals surface area contributed by atoms with Crippen LogP contribution >= 0.6 is 15.9 Å². The molecule has 1 aliphatic rings. The van der Waals surface area contributed by atoms with Crippen LogP contribution in [0.4, 0.5) is 10.5 Å². The maximum atomic E-state index is 12.5. The van der Waals surface area contributed by atoms with E-state index in [0.717, 1.165) is 16.6 Å². The molecule has 1 unspecified atom stereocenters. The van der Waals surface area contributed by atoms with Crippen LogP contribution in [0.2, 0.25) is 0 Å². The second-order valence-corrected chi connectivity index (χ2v) is 8.46. The van der Waals surface area contributed by atoms with Crippen molar-refractivity contribution in [3.05, 3.63) is 52.6 Å². The fourth-order valence-corrected chi connectivity index (χ4v) is 3.10. The first-order valence-corrected chi connectivity index (χ1v) is 9.55. The van der Waals surface area contributed by atoms with Gasteiger partial charge in [-0.15, -0.1) is 0 Å². The van der Waals surface area contributed by atoms with Crippen molar-refractivity contribution in [1.29, 1.82) is 0 Å². The highest BCUT2D eigenvalue weighted by atomic mass is 79.9. The molecule has 3 rings (SSSR count). The Bertz CT molecular complexity index is 754. The van der Waals surface area contributed by atoms with Crippen LogP contribution in [-0.2, 0) is 5.41 Å². The maximum Gasteiger partial charge on any atom is 0.321 e. The summed E-state index contributed by atoms with van der Waals surface area (Å²) in [4.78, 5) is 18.5. The first kappa shape index (κ1) is 18.7. The zero-order valence-electron chi connectivity index (χ0n) is 15.3. The molecule has 1 atom stereocenters. The number of nitrogens with zero attached hydrogens (tertiary/aromatic N) is 2. The molecule has 1 fully saturated rings. The van der Waals surface area contributed by atoms with Crippen LogP contribution in [0.1, 0.15) is 32.8 Å². The van der Waals surface area contributed by atoms with Gasteiger partial charge in [0.05, 0.1) is 6.54 Å². The first-order chi connectivity index (χ1) is 12.3. The molecule has 1 saturated heterocycles. The van der Waals surface area contributed by atoms with Gasteiger partial charge in [-0.05, 0) is 45.1 Å². The van der Waals surface area contributed by atoms with Crippen LogP contribution in [0.3, 0.4) is 0 Å². The van der Waals surface area contributed by atoms with Crippen LogP contribution in [0.25, 0.3) is 0 Å². The van der Waals surface area contributed by atoms with Crippen molar-refractivity contribution in [3.8, 4) is 5.88 Å². The summed E-state index contributed by atoms with van der Waals surface area (Å²) in [6.45, 7) is 7.75. The van der Waals surface area contributed by atoms with Crippen LogP contribution in [0, 0.1) is 0 Å². The summed E-state index contributed by atoms with van der Waals surface area (Å²) in [5.41, 5.74) is 2.15. The van der Waals surface area contributed by atoms with Gasteiger partial charge in [0.25, 0.3) is 0 Å². The third kappa shape index (κ3) is 4.75. The highest BCUT2D eigenvalue weighted by molar-refractivity contribution is 9.10. The zero-order valence-corrected chi connectivity index (χ0v) is 16.9. The monoisotopic (exact) mass is 417 g/mol. The van der Waals surface area contributed by atoms with Gasteiger partial charge in [-0.3, -0.25) is 0 Å². The predicted octanol–water partition coefficient (Wildman–Crippen LogP) is 4.83. The van der Waals surface area contributed by atoms with Crippen molar-refractivity contribution < 1.29 is 9.53 Å². The fourth-order valence-electron chi connectivity index (χ4n) is 2.87. The molecule has 5 nitrogen and oxygen atoms in total. The second kappa shape index (κ2) is 7.66. The Morgan fingerprint density at radius 3 is 2.58 bits per heavy atom. The third-order valence-corrected chi connectivity index (χ3v) is 4.89. The number of ether oxygens (including phenoxy) is 1. The van der Waals surface area contributed by atoms with Gasteiger partial charge in [-0.1, -0.05) is 32.9 Å². The summed E-state index contributed by atoms with van der Waals surface area (Å²) >= 11 is 3.35. The van der Waals surface area contributed by atoms with E-state index in [1.807, 2.05) is 24.3 Å². The molecule has 2 aromatic rings. The van der Waals surface area contributed by atoms with Crippen molar-refractivity contribution >= 4 is 27.6 Å². The molecular weight excluding hydrogens is 394 g/mol. The SMILES string of the molecule is CC(C)(C)c1ccc(NC(=O)N2CCC(Oc3ccc(Br)cn3)C2)cc1. The Labute approximate surface area is 162 Å². The number of anilines is 1. The minimum atomic E-state index is -0.0941. The van der Waals surface area contributed by atoms with E-state index in [9.17, 15) is 4.79 Å². The van der Waals surface area contributed by atoms with Crippen molar-refractivity contribution in [1.82, 2.24) is 9.88 Å². The van der Waals surface area contributed by atoms with E-state index < -0.39 is 0 Å². The number of pyridine rings is 1. The summed E-state index contributed by atoms with van der Waals surface area (Å²) in [5.74, 6) is 0.582. The molecule has 1 aromatic heterocycles. The number of urea groups is 1. The highest BCUT2D eigenvalue weighted by Gasteiger charge is 2.28. The van der Waals surface area contributed by atoms with E-state index in [1.165, 1.54) is 5.56 Å². The van der Waals surface area contributed by atoms with E-state index in [0.29, 0.717) is 19.0 Å². The Kier molecular flexibility index (Phi) is 5.51. The number of carbonyl (C=O) groups excluding carboxylic acids is 1. The van der Waals surface area contributed by atoms with Crippen molar-refractivity contribution in [2.75, 3.05) is 18.4 Å². The molecular formula is C20H24BrN3O2. The molecule has 138 valence electrons. The molecule has 2 amide bonds. The van der Waals surface area contributed by atoms with E-state index in [-0.39, 0.29) is 17.6 Å². The van der Waals surface area contributed by atoms with E-state index in [1.54, 1.807) is 11.1 Å². The predicted molar refractivity (Wildman–Crippen MR) is 107 cm³/mol. The number of nitrogens with one attached hydrogen (secondary N) is 1. The topological polar surface area (TPSA) is 54.5 Å². The number of aromatic nitrogens is 1. The Balaban J connectivity index is 1.53. The molecule has 0 spiro atoms. The van der Waals surface area contributed by atoms with Gasteiger partial charge in [0.15, 0.2) is 0 Å². The number of halogens is 1. The molecule has 1 aliphatic heterocycles. The summed E-state index contributed by atoms with van der Waals surface area (Å²) in [7, 11) is 0. The Hall–Kier alpha value is -2.08. The molecule has 0 aliphatic carbocycles. The van der Waals surface area contributed by atoms with Gasteiger partial charge >= 0.3 is 6.03 Å². The lowest BCUT2D eigenvalue weighted by Crippen LogP contribution is -2.34. The molecule has 6 heteroatoms. The summed E-state index contributed by atoms with van der Waals surface area (Å²) in [6.07, 6.45) is 2.47. The minimum absolute atomic E-state index is 0.0299. The van der Waals surface area contributed by atoms with Crippen LogP contribution in [-0.4, -0.2) is 35.1 Å². The third-order valence-electron chi connectivity index (χ3n) is 4.42. The van der Waals surface area contributed by atoms with Gasteiger partial charge < -0.3 is 15.0 Å². The van der Waals surface area contributed by atoms with E-state index >= 15 is 0 Å². The van der Waals surface area contributed by atoms with Gasteiger partial charge in [0.2, 0.25) is 5.88 Å². The van der Waals surface area contributed by atoms with Gasteiger partial charge in [0.1, 0.15) is 6.10 Å².